The van der Waals surface area contributed by atoms with E-state index in [9.17, 15) is 4.79 Å². The zero-order valence-electron chi connectivity index (χ0n) is 19.2. The molecule has 0 radical (unpaired) electrons. The van der Waals surface area contributed by atoms with Crippen LogP contribution in [-0.4, -0.2) is 37.0 Å². The van der Waals surface area contributed by atoms with E-state index in [1.54, 1.807) is 30.2 Å². The number of hydrogen-bond acceptors (Lipinski definition) is 6. The quantitative estimate of drug-likeness (QED) is 0.297. The van der Waals surface area contributed by atoms with Crippen LogP contribution < -0.4 is 10.1 Å². The van der Waals surface area contributed by atoms with E-state index in [0.717, 1.165) is 54.8 Å². The molecule has 2 aromatic carbocycles. The zero-order chi connectivity index (χ0) is 23.3. The largest absolute Gasteiger partial charge is 0.496 e. The molecule has 4 aromatic rings. The third kappa shape index (κ3) is 5.17. The van der Waals surface area contributed by atoms with E-state index >= 15 is 0 Å². The number of nitrogens with zero attached hydrogens (tertiary/aromatic N) is 1. The van der Waals surface area contributed by atoms with Crippen LogP contribution in [0.25, 0.3) is 11.0 Å². The number of thiophene rings is 1. The summed E-state index contributed by atoms with van der Waals surface area (Å²) in [5.41, 5.74) is 2.93. The van der Waals surface area contributed by atoms with Crippen molar-refractivity contribution in [2.45, 2.75) is 35.4 Å². The predicted octanol–water partition coefficient (Wildman–Crippen LogP) is 6.19. The molecule has 1 N–H and O–H groups in total. The van der Waals surface area contributed by atoms with Crippen molar-refractivity contribution < 1.29 is 13.9 Å². The van der Waals surface area contributed by atoms with Crippen LogP contribution in [0.15, 0.2) is 74.7 Å². The van der Waals surface area contributed by atoms with Crippen molar-refractivity contribution in [1.29, 1.82) is 0 Å². The first kappa shape index (κ1) is 23.0. The highest BCUT2D eigenvalue weighted by atomic mass is 32.2. The number of carbonyl (C=O) groups is 1. The fourth-order valence-electron chi connectivity index (χ4n) is 4.48. The van der Waals surface area contributed by atoms with Gasteiger partial charge >= 0.3 is 0 Å². The van der Waals surface area contributed by atoms with Crippen LogP contribution in [0, 0.1) is 0 Å². The van der Waals surface area contributed by atoms with Gasteiger partial charge in [-0.25, -0.2) is 0 Å². The summed E-state index contributed by atoms with van der Waals surface area (Å²) in [6, 6.07) is 20.4. The smallest absolute Gasteiger partial charge is 0.287 e. The van der Waals surface area contributed by atoms with E-state index in [1.165, 1.54) is 9.77 Å². The number of furan rings is 1. The number of fused-ring (bicyclic) bond motifs is 1. The van der Waals surface area contributed by atoms with Gasteiger partial charge in [0.1, 0.15) is 11.3 Å². The molecular formula is C27H28N2O3S2. The van der Waals surface area contributed by atoms with Gasteiger partial charge < -0.3 is 14.5 Å². The Morgan fingerprint density at radius 1 is 1.12 bits per heavy atom. The van der Waals surface area contributed by atoms with Gasteiger partial charge in [0, 0.05) is 47.9 Å². The Morgan fingerprint density at radius 3 is 2.71 bits per heavy atom. The molecule has 0 bridgehead atoms. The number of methoxy groups -OCH3 is 1. The lowest BCUT2D eigenvalue weighted by molar-refractivity contribution is 0.0882. The molecule has 2 aromatic heterocycles. The summed E-state index contributed by atoms with van der Waals surface area (Å²) in [6.07, 6.45) is 1.83. The van der Waals surface area contributed by atoms with Crippen molar-refractivity contribution in [3.63, 3.8) is 0 Å². The highest BCUT2D eigenvalue weighted by molar-refractivity contribution is 8.00. The minimum absolute atomic E-state index is 0.110. The van der Waals surface area contributed by atoms with E-state index in [0.29, 0.717) is 11.5 Å². The molecule has 1 amide bonds. The van der Waals surface area contributed by atoms with Crippen molar-refractivity contribution in [2.75, 3.05) is 20.2 Å². The molecule has 176 valence electrons. The van der Waals surface area contributed by atoms with Crippen molar-refractivity contribution in [2.24, 2.45) is 0 Å². The Hall–Kier alpha value is -2.74. The van der Waals surface area contributed by atoms with Crippen LogP contribution in [0.4, 0.5) is 0 Å². The molecule has 5 rings (SSSR count). The van der Waals surface area contributed by atoms with Crippen LogP contribution in [0.3, 0.4) is 0 Å². The lowest BCUT2D eigenvalue weighted by atomic mass is 10.0. The van der Waals surface area contributed by atoms with E-state index in [4.69, 9.17) is 9.15 Å². The molecule has 34 heavy (non-hydrogen) atoms. The lowest BCUT2D eigenvalue weighted by Gasteiger charge is -2.32. The number of nitrogens with one attached hydrogen (secondary N) is 1. The van der Waals surface area contributed by atoms with E-state index in [-0.39, 0.29) is 11.9 Å². The van der Waals surface area contributed by atoms with Gasteiger partial charge in [-0.2, -0.15) is 0 Å². The second-order valence-electron chi connectivity index (χ2n) is 8.46. The second kappa shape index (κ2) is 10.7. The number of amides is 1. The zero-order valence-corrected chi connectivity index (χ0v) is 20.8. The Morgan fingerprint density at radius 2 is 1.91 bits per heavy atom. The predicted molar refractivity (Wildman–Crippen MR) is 139 cm³/mol. The SMILES string of the molecule is COc1ccccc1CN1CCC(NC(=O)c2oc3ccccc3c2CSc2cccs2)CC1. The Labute approximate surface area is 208 Å². The third-order valence-corrected chi connectivity index (χ3v) is 8.43. The number of rotatable bonds is 8. The molecule has 0 unspecified atom stereocenters. The summed E-state index contributed by atoms with van der Waals surface area (Å²) in [7, 11) is 1.71. The van der Waals surface area contributed by atoms with Crippen molar-refractivity contribution in [3.05, 3.63) is 82.9 Å². The maximum Gasteiger partial charge on any atom is 0.287 e. The number of likely N-dealkylation sites (tertiary alicyclic amines) is 1. The average molecular weight is 493 g/mol. The molecule has 0 spiro atoms. The number of piperidine rings is 1. The lowest BCUT2D eigenvalue weighted by Crippen LogP contribution is -2.44. The Kier molecular flexibility index (Phi) is 7.23. The first-order valence-corrected chi connectivity index (χ1v) is 13.4. The van der Waals surface area contributed by atoms with E-state index in [2.05, 4.69) is 27.7 Å². The Balaban J connectivity index is 1.23. The first-order chi connectivity index (χ1) is 16.7. The molecule has 1 aliphatic rings. The molecular weight excluding hydrogens is 464 g/mol. The number of ether oxygens (including phenoxy) is 1. The number of carbonyl (C=O) groups excluding carboxylic acids is 1. The molecule has 3 heterocycles. The first-order valence-electron chi connectivity index (χ1n) is 11.5. The monoisotopic (exact) mass is 492 g/mol. The minimum Gasteiger partial charge on any atom is -0.496 e. The standard InChI is InChI=1S/C27H28N2O3S2/c1-31-23-9-4-2-7-19(23)17-29-14-12-20(13-15-29)28-27(30)26-22(18-34-25-11-6-16-33-25)21-8-3-5-10-24(21)32-26/h2-11,16,20H,12-15,17-18H2,1H3,(H,28,30). The molecule has 0 saturated carbocycles. The van der Waals surface area contributed by atoms with E-state index < -0.39 is 0 Å². The van der Waals surface area contributed by atoms with Crippen LogP contribution >= 0.6 is 23.1 Å². The van der Waals surface area contributed by atoms with Gasteiger partial charge in [0.05, 0.1) is 11.3 Å². The molecule has 1 saturated heterocycles. The normalized spacial score (nSPS) is 15.0. The molecule has 0 atom stereocenters. The fraction of sp³-hybridized carbons (Fsp3) is 0.296. The van der Waals surface area contributed by atoms with Crippen LogP contribution in [0.2, 0.25) is 0 Å². The summed E-state index contributed by atoms with van der Waals surface area (Å²) in [5, 5.41) is 6.34. The molecule has 1 aliphatic heterocycles. The number of hydrogen-bond donors (Lipinski definition) is 1. The third-order valence-electron chi connectivity index (χ3n) is 6.27. The number of para-hydroxylation sites is 2. The second-order valence-corrected chi connectivity index (χ2v) is 10.7. The van der Waals surface area contributed by atoms with Crippen LogP contribution in [0.5, 0.6) is 5.75 Å². The summed E-state index contributed by atoms with van der Waals surface area (Å²) in [6.45, 7) is 2.73. The maximum absolute atomic E-state index is 13.3. The molecule has 5 nitrogen and oxygen atoms in total. The molecule has 1 fully saturated rings. The summed E-state index contributed by atoms with van der Waals surface area (Å²) in [5.74, 6) is 1.97. The highest BCUT2D eigenvalue weighted by Gasteiger charge is 2.26. The summed E-state index contributed by atoms with van der Waals surface area (Å²) >= 11 is 3.46. The molecule has 0 aliphatic carbocycles. The summed E-state index contributed by atoms with van der Waals surface area (Å²) in [4.78, 5) is 15.7. The van der Waals surface area contributed by atoms with Crippen molar-refractivity contribution in [1.82, 2.24) is 10.2 Å². The maximum atomic E-state index is 13.3. The molecule has 7 heteroatoms. The van der Waals surface area contributed by atoms with Gasteiger partial charge in [-0.05, 0) is 36.4 Å². The van der Waals surface area contributed by atoms with E-state index in [1.807, 2.05) is 48.5 Å². The van der Waals surface area contributed by atoms with Crippen LogP contribution in [0.1, 0.15) is 34.5 Å². The fourth-order valence-corrected chi connectivity index (χ4v) is 6.29. The van der Waals surface area contributed by atoms with Gasteiger partial charge in [-0.3, -0.25) is 9.69 Å². The van der Waals surface area contributed by atoms with Gasteiger partial charge in [0.2, 0.25) is 0 Å². The minimum atomic E-state index is -0.110. The average Bonchev–Trinajstić information content (AvgIpc) is 3.52. The topological polar surface area (TPSA) is 54.7 Å². The number of benzene rings is 2. The Bertz CT molecular complexity index is 1240. The summed E-state index contributed by atoms with van der Waals surface area (Å²) < 4.78 is 12.8. The van der Waals surface area contributed by atoms with Gasteiger partial charge in [-0.1, -0.05) is 42.5 Å². The van der Waals surface area contributed by atoms with Gasteiger partial charge in [0.15, 0.2) is 5.76 Å². The highest BCUT2D eigenvalue weighted by Crippen LogP contribution is 2.34. The van der Waals surface area contributed by atoms with Crippen molar-refractivity contribution in [3.8, 4) is 5.75 Å². The van der Waals surface area contributed by atoms with Gasteiger partial charge in [0.25, 0.3) is 5.91 Å². The number of thioether (sulfide) groups is 1. The van der Waals surface area contributed by atoms with Crippen molar-refractivity contribution >= 4 is 40.0 Å². The van der Waals surface area contributed by atoms with Crippen LogP contribution in [-0.2, 0) is 12.3 Å². The van der Waals surface area contributed by atoms with Gasteiger partial charge in [-0.15, -0.1) is 23.1 Å².